The molecule has 1 saturated heterocycles. The Morgan fingerprint density at radius 1 is 1.44 bits per heavy atom. The number of likely N-dealkylation sites (tertiary alicyclic amines) is 1. The van der Waals surface area contributed by atoms with Crippen molar-refractivity contribution in [2.24, 2.45) is 0 Å². The van der Waals surface area contributed by atoms with Crippen LogP contribution in [0.3, 0.4) is 0 Å². The third-order valence-electron chi connectivity index (χ3n) is 3.26. The van der Waals surface area contributed by atoms with Gasteiger partial charge in [0.05, 0.1) is 0 Å². The molecule has 0 aromatic carbocycles. The molecule has 104 valence electrons. The number of carbonyl (C=O) groups excluding carboxylic acids is 1. The molecule has 0 saturated carbocycles. The molecule has 1 unspecified atom stereocenters. The highest BCUT2D eigenvalue weighted by atomic mass is 16.5. The number of methoxy groups -OCH3 is 1. The van der Waals surface area contributed by atoms with Crippen molar-refractivity contribution in [1.29, 1.82) is 0 Å². The van der Waals surface area contributed by atoms with Crippen LogP contribution in [0.1, 0.15) is 26.2 Å². The topological polar surface area (TPSA) is 78.9 Å². The van der Waals surface area contributed by atoms with Crippen LogP contribution >= 0.6 is 0 Å². The lowest BCUT2D eigenvalue weighted by Crippen LogP contribution is -2.50. The molecule has 1 heterocycles. The van der Waals surface area contributed by atoms with Crippen molar-refractivity contribution < 1.29 is 19.4 Å². The number of ether oxygens (including phenoxy) is 1. The lowest BCUT2D eigenvalue weighted by atomic mass is 10.0. The minimum absolute atomic E-state index is 0.00114. The number of rotatable bonds is 6. The summed E-state index contributed by atoms with van der Waals surface area (Å²) >= 11 is 0. The molecule has 1 atom stereocenters. The monoisotopic (exact) mass is 258 g/mol. The maximum atomic E-state index is 11.6. The highest BCUT2D eigenvalue weighted by molar-refractivity contribution is 5.77. The lowest BCUT2D eigenvalue weighted by molar-refractivity contribution is -0.140. The summed E-state index contributed by atoms with van der Waals surface area (Å²) < 4.78 is 4.81. The number of nitrogens with one attached hydrogen (secondary N) is 1. The Balaban J connectivity index is 2.35. The average molecular weight is 258 g/mol. The van der Waals surface area contributed by atoms with E-state index in [-0.39, 0.29) is 18.6 Å². The number of carboxylic acid groups (broad SMARTS) is 1. The summed E-state index contributed by atoms with van der Waals surface area (Å²) in [5.41, 5.74) is 0. The molecule has 2 N–H and O–H groups in total. The van der Waals surface area contributed by atoms with E-state index in [1.54, 1.807) is 4.90 Å². The first kappa shape index (κ1) is 14.9. The minimum Gasteiger partial charge on any atom is -0.480 e. The van der Waals surface area contributed by atoms with Crippen molar-refractivity contribution >= 4 is 11.9 Å². The smallest absolute Gasteiger partial charge is 0.320 e. The summed E-state index contributed by atoms with van der Waals surface area (Å²) in [6.07, 6.45) is 2.15. The van der Waals surface area contributed by atoms with Crippen LogP contribution in [0, 0.1) is 0 Å². The first-order valence-corrected chi connectivity index (χ1v) is 6.34. The van der Waals surface area contributed by atoms with Crippen molar-refractivity contribution in [1.82, 2.24) is 10.2 Å². The summed E-state index contributed by atoms with van der Waals surface area (Å²) in [5, 5.41) is 12.1. The molecule has 1 fully saturated rings. The fraction of sp³-hybridized carbons (Fsp3) is 0.833. The molecule has 6 heteroatoms. The zero-order valence-corrected chi connectivity index (χ0v) is 11.0. The first-order valence-electron chi connectivity index (χ1n) is 6.34. The third kappa shape index (κ3) is 4.27. The Morgan fingerprint density at radius 3 is 2.50 bits per heavy atom. The zero-order valence-electron chi connectivity index (χ0n) is 11.0. The second kappa shape index (κ2) is 7.33. The van der Waals surface area contributed by atoms with E-state index in [0.717, 1.165) is 12.8 Å². The highest BCUT2D eigenvalue weighted by Crippen LogP contribution is 2.12. The van der Waals surface area contributed by atoms with Gasteiger partial charge >= 0.3 is 5.97 Å². The van der Waals surface area contributed by atoms with E-state index in [9.17, 15) is 9.59 Å². The number of hydrogen-bond acceptors (Lipinski definition) is 4. The van der Waals surface area contributed by atoms with Crippen LogP contribution in [-0.2, 0) is 14.3 Å². The fourth-order valence-electron chi connectivity index (χ4n) is 2.16. The summed E-state index contributed by atoms with van der Waals surface area (Å²) in [6, 6.07) is -0.311. The number of amides is 1. The van der Waals surface area contributed by atoms with Gasteiger partial charge in [-0.15, -0.1) is 0 Å². The van der Waals surface area contributed by atoms with Crippen molar-refractivity contribution in [3.63, 3.8) is 0 Å². The van der Waals surface area contributed by atoms with Crippen molar-refractivity contribution in [2.75, 3.05) is 26.8 Å². The number of piperidine rings is 1. The van der Waals surface area contributed by atoms with Crippen molar-refractivity contribution in [2.45, 2.75) is 38.3 Å². The zero-order chi connectivity index (χ0) is 13.5. The molecule has 1 amide bonds. The Labute approximate surface area is 107 Å². The number of hydrogen-bond donors (Lipinski definition) is 2. The van der Waals surface area contributed by atoms with Crippen LogP contribution in [0.2, 0.25) is 0 Å². The van der Waals surface area contributed by atoms with E-state index >= 15 is 0 Å². The lowest BCUT2D eigenvalue weighted by Gasteiger charge is -2.33. The molecular weight excluding hydrogens is 236 g/mol. The summed E-state index contributed by atoms with van der Waals surface area (Å²) in [7, 11) is 1.50. The molecule has 1 rings (SSSR count). The SMILES string of the molecule is CCC(NC1CCN(C(=O)COC)CC1)C(=O)O. The molecule has 18 heavy (non-hydrogen) atoms. The molecule has 1 aliphatic rings. The number of aliphatic carboxylic acids is 1. The average Bonchev–Trinajstić information content (AvgIpc) is 2.36. The largest absolute Gasteiger partial charge is 0.480 e. The normalized spacial score (nSPS) is 18.7. The molecule has 0 spiro atoms. The predicted molar refractivity (Wildman–Crippen MR) is 66.3 cm³/mol. The van der Waals surface area contributed by atoms with E-state index in [2.05, 4.69) is 5.32 Å². The first-order chi connectivity index (χ1) is 8.58. The molecule has 0 bridgehead atoms. The standard InChI is InChI=1S/C12H22N2O4/c1-3-10(12(16)17)13-9-4-6-14(7-5-9)11(15)8-18-2/h9-10,13H,3-8H2,1-2H3,(H,16,17). The summed E-state index contributed by atoms with van der Waals surface area (Å²) in [6.45, 7) is 3.29. The number of carboxylic acids is 1. The number of carbonyl (C=O) groups is 2. The summed E-state index contributed by atoms with van der Waals surface area (Å²) in [5.74, 6) is -0.809. The molecule has 0 aromatic heterocycles. The summed E-state index contributed by atoms with van der Waals surface area (Å²) in [4.78, 5) is 24.3. The van der Waals surface area contributed by atoms with Gasteiger partial charge in [-0.3, -0.25) is 9.59 Å². The molecule has 1 aliphatic heterocycles. The van der Waals surface area contributed by atoms with E-state index in [0.29, 0.717) is 19.5 Å². The quantitative estimate of drug-likeness (QED) is 0.705. The van der Waals surface area contributed by atoms with Gasteiger partial charge in [-0.25, -0.2) is 0 Å². The van der Waals surface area contributed by atoms with E-state index < -0.39 is 12.0 Å². The fourth-order valence-corrected chi connectivity index (χ4v) is 2.16. The Morgan fingerprint density at radius 2 is 2.06 bits per heavy atom. The van der Waals surface area contributed by atoms with Gasteiger partial charge in [0, 0.05) is 26.2 Å². The van der Waals surface area contributed by atoms with E-state index in [4.69, 9.17) is 9.84 Å². The van der Waals surface area contributed by atoms with Crippen LogP contribution in [0.5, 0.6) is 0 Å². The van der Waals surface area contributed by atoms with Gasteiger partial charge < -0.3 is 20.1 Å². The van der Waals surface area contributed by atoms with Crippen molar-refractivity contribution in [3.8, 4) is 0 Å². The van der Waals surface area contributed by atoms with E-state index in [1.165, 1.54) is 7.11 Å². The van der Waals surface area contributed by atoms with Gasteiger partial charge in [-0.05, 0) is 19.3 Å². The van der Waals surface area contributed by atoms with Gasteiger partial charge in [-0.1, -0.05) is 6.92 Å². The van der Waals surface area contributed by atoms with Gasteiger partial charge in [0.15, 0.2) is 0 Å². The molecule has 0 radical (unpaired) electrons. The maximum absolute atomic E-state index is 11.6. The molecular formula is C12H22N2O4. The number of nitrogens with zero attached hydrogens (tertiary/aromatic N) is 1. The second-order valence-electron chi connectivity index (χ2n) is 4.55. The van der Waals surface area contributed by atoms with Crippen LogP contribution in [-0.4, -0.2) is 60.8 Å². The van der Waals surface area contributed by atoms with Gasteiger partial charge in [-0.2, -0.15) is 0 Å². The highest BCUT2D eigenvalue weighted by Gasteiger charge is 2.25. The van der Waals surface area contributed by atoms with Crippen molar-refractivity contribution in [3.05, 3.63) is 0 Å². The van der Waals surface area contributed by atoms with Gasteiger partial charge in [0.25, 0.3) is 0 Å². The second-order valence-corrected chi connectivity index (χ2v) is 4.55. The predicted octanol–water partition coefficient (Wildman–Crippen LogP) is 0.0766. The van der Waals surface area contributed by atoms with Crippen LogP contribution in [0.4, 0.5) is 0 Å². The van der Waals surface area contributed by atoms with Crippen LogP contribution in [0.15, 0.2) is 0 Å². The Kier molecular flexibility index (Phi) is 6.07. The molecule has 0 aromatic rings. The Bertz CT molecular complexity index is 288. The van der Waals surface area contributed by atoms with Crippen LogP contribution < -0.4 is 5.32 Å². The van der Waals surface area contributed by atoms with E-state index in [1.807, 2.05) is 6.92 Å². The minimum atomic E-state index is -0.810. The van der Waals surface area contributed by atoms with Gasteiger partial charge in [0.2, 0.25) is 5.91 Å². The maximum Gasteiger partial charge on any atom is 0.320 e. The van der Waals surface area contributed by atoms with Crippen LogP contribution in [0.25, 0.3) is 0 Å². The molecule has 6 nitrogen and oxygen atoms in total. The van der Waals surface area contributed by atoms with Gasteiger partial charge in [0.1, 0.15) is 12.6 Å². The third-order valence-corrected chi connectivity index (χ3v) is 3.26. The molecule has 0 aliphatic carbocycles. The Hall–Kier alpha value is -1.14.